The van der Waals surface area contributed by atoms with Gasteiger partial charge in [0.05, 0.1) is 12.3 Å². The second-order valence-corrected chi connectivity index (χ2v) is 6.21. The van der Waals surface area contributed by atoms with E-state index in [0.29, 0.717) is 12.2 Å². The van der Waals surface area contributed by atoms with Crippen LogP contribution in [0.25, 0.3) is 0 Å². The summed E-state index contributed by atoms with van der Waals surface area (Å²) in [4.78, 5) is 14.3. The van der Waals surface area contributed by atoms with Crippen LogP contribution >= 0.6 is 0 Å². The summed E-state index contributed by atoms with van der Waals surface area (Å²) in [7, 11) is 1.70. The Morgan fingerprint density at radius 3 is 2.96 bits per heavy atom. The molecule has 1 aromatic heterocycles. The Balaban J connectivity index is 1.52. The number of hydrogen-bond acceptors (Lipinski definition) is 4. The lowest BCUT2D eigenvalue weighted by Gasteiger charge is -2.31. The van der Waals surface area contributed by atoms with E-state index in [1.165, 1.54) is 5.56 Å². The van der Waals surface area contributed by atoms with Gasteiger partial charge in [-0.25, -0.2) is 0 Å². The zero-order valence-electron chi connectivity index (χ0n) is 14.1. The molecule has 0 spiro atoms. The lowest BCUT2D eigenvalue weighted by molar-refractivity contribution is 0.0265. The Kier molecular flexibility index (Phi) is 5.59. The van der Waals surface area contributed by atoms with Gasteiger partial charge in [-0.05, 0) is 31.2 Å². The maximum Gasteiger partial charge on any atom is 0.276 e. The number of amides is 1. The molecule has 6 nitrogen and oxygen atoms in total. The second kappa shape index (κ2) is 8.06. The van der Waals surface area contributed by atoms with E-state index in [4.69, 9.17) is 4.74 Å². The SMILES string of the molecule is COC1CCCN(C(=O)c2cn(CCCc3ccccc3)nn2)C1. The van der Waals surface area contributed by atoms with Crippen LogP contribution < -0.4 is 0 Å². The first kappa shape index (κ1) is 16.6. The summed E-state index contributed by atoms with van der Waals surface area (Å²) in [6.45, 7) is 2.16. The van der Waals surface area contributed by atoms with Gasteiger partial charge in [0.15, 0.2) is 5.69 Å². The summed E-state index contributed by atoms with van der Waals surface area (Å²) in [6, 6.07) is 10.4. The Bertz CT molecular complexity index is 656. The van der Waals surface area contributed by atoms with Gasteiger partial charge in [0.1, 0.15) is 0 Å². The van der Waals surface area contributed by atoms with Crippen LogP contribution in [-0.2, 0) is 17.7 Å². The average Bonchev–Trinajstić information content (AvgIpc) is 3.11. The maximum absolute atomic E-state index is 12.5. The molecule has 1 atom stereocenters. The molecule has 128 valence electrons. The monoisotopic (exact) mass is 328 g/mol. The number of likely N-dealkylation sites (tertiary alicyclic amines) is 1. The molecule has 1 amide bonds. The van der Waals surface area contributed by atoms with Crippen molar-refractivity contribution in [1.82, 2.24) is 19.9 Å². The molecule has 1 aliphatic heterocycles. The summed E-state index contributed by atoms with van der Waals surface area (Å²) in [5.74, 6) is -0.0499. The Labute approximate surface area is 142 Å². The normalized spacial score (nSPS) is 17.9. The largest absolute Gasteiger partial charge is 0.380 e. The summed E-state index contributed by atoms with van der Waals surface area (Å²) in [5, 5.41) is 8.14. The fourth-order valence-corrected chi connectivity index (χ4v) is 3.07. The molecule has 24 heavy (non-hydrogen) atoms. The van der Waals surface area contributed by atoms with E-state index >= 15 is 0 Å². The molecule has 0 N–H and O–H groups in total. The van der Waals surface area contributed by atoms with Crippen molar-refractivity contribution in [3.8, 4) is 0 Å². The van der Waals surface area contributed by atoms with Crippen molar-refractivity contribution in [1.29, 1.82) is 0 Å². The third-order valence-electron chi connectivity index (χ3n) is 4.45. The summed E-state index contributed by atoms with van der Waals surface area (Å²) in [6.07, 6.45) is 5.82. The van der Waals surface area contributed by atoms with Gasteiger partial charge in [0.25, 0.3) is 5.91 Å². The lowest BCUT2D eigenvalue weighted by Crippen LogP contribution is -2.43. The van der Waals surface area contributed by atoms with Gasteiger partial charge in [0.2, 0.25) is 0 Å². The first-order valence-electron chi connectivity index (χ1n) is 8.52. The highest BCUT2D eigenvalue weighted by Gasteiger charge is 2.25. The van der Waals surface area contributed by atoms with E-state index in [1.807, 2.05) is 23.1 Å². The number of carbonyl (C=O) groups is 1. The topological polar surface area (TPSA) is 60.2 Å². The van der Waals surface area contributed by atoms with Gasteiger partial charge in [0, 0.05) is 26.7 Å². The third kappa shape index (κ3) is 4.20. The molecule has 1 unspecified atom stereocenters. The fraction of sp³-hybridized carbons (Fsp3) is 0.500. The first-order valence-corrected chi connectivity index (χ1v) is 8.52. The smallest absolute Gasteiger partial charge is 0.276 e. The van der Waals surface area contributed by atoms with E-state index in [1.54, 1.807) is 18.0 Å². The second-order valence-electron chi connectivity index (χ2n) is 6.21. The average molecular weight is 328 g/mol. The standard InChI is InChI=1S/C18H24N4O2/c1-24-16-10-6-11-21(13-16)18(23)17-14-22(20-19-17)12-5-9-15-7-3-2-4-8-15/h2-4,7-8,14,16H,5-6,9-13H2,1H3. The van der Waals surface area contributed by atoms with Gasteiger partial charge in [-0.3, -0.25) is 9.48 Å². The maximum atomic E-state index is 12.5. The van der Waals surface area contributed by atoms with Crippen molar-refractivity contribution in [2.45, 2.75) is 38.3 Å². The van der Waals surface area contributed by atoms with Crippen LogP contribution in [0.4, 0.5) is 0 Å². The van der Waals surface area contributed by atoms with E-state index in [-0.39, 0.29) is 12.0 Å². The van der Waals surface area contributed by atoms with Crippen molar-refractivity contribution in [2.24, 2.45) is 0 Å². The Hall–Kier alpha value is -2.21. The van der Waals surface area contributed by atoms with Gasteiger partial charge < -0.3 is 9.64 Å². The van der Waals surface area contributed by atoms with Crippen molar-refractivity contribution in [3.05, 3.63) is 47.8 Å². The van der Waals surface area contributed by atoms with Crippen LogP contribution in [-0.4, -0.2) is 52.1 Å². The molecule has 6 heteroatoms. The molecule has 0 bridgehead atoms. The van der Waals surface area contributed by atoms with Crippen LogP contribution in [0, 0.1) is 0 Å². The third-order valence-corrected chi connectivity index (χ3v) is 4.45. The molecule has 0 aliphatic carbocycles. The van der Waals surface area contributed by atoms with Crippen molar-refractivity contribution in [2.75, 3.05) is 20.2 Å². The number of hydrogen-bond donors (Lipinski definition) is 0. The zero-order valence-corrected chi connectivity index (χ0v) is 14.1. The predicted octanol–water partition coefficient (Wildman–Crippen LogP) is 2.16. The number of carbonyl (C=O) groups excluding carboxylic acids is 1. The Morgan fingerprint density at radius 2 is 2.17 bits per heavy atom. The van der Waals surface area contributed by atoms with E-state index in [2.05, 4.69) is 22.4 Å². The number of rotatable bonds is 6. The highest BCUT2D eigenvalue weighted by Crippen LogP contribution is 2.14. The molecule has 1 fully saturated rings. The molecule has 0 radical (unpaired) electrons. The van der Waals surface area contributed by atoms with Crippen molar-refractivity contribution >= 4 is 5.91 Å². The van der Waals surface area contributed by atoms with Crippen LogP contribution in [0.3, 0.4) is 0 Å². The number of piperidine rings is 1. The quantitative estimate of drug-likeness (QED) is 0.815. The number of aryl methyl sites for hydroxylation is 2. The number of nitrogens with zero attached hydrogens (tertiary/aromatic N) is 4. The minimum atomic E-state index is -0.0499. The van der Waals surface area contributed by atoms with Gasteiger partial charge in [-0.15, -0.1) is 5.10 Å². The molecule has 1 saturated heterocycles. The highest BCUT2D eigenvalue weighted by molar-refractivity contribution is 5.92. The fourth-order valence-electron chi connectivity index (χ4n) is 3.07. The molecule has 0 saturated carbocycles. The van der Waals surface area contributed by atoms with Crippen LogP contribution in [0.1, 0.15) is 35.3 Å². The number of ether oxygens (including phenoxy) is 1. The van der Waals surface area contributed by atoms with Gasteiger partial charge >= 0.3 is 0 Å². The summed E-state index contributed by atoms with van der Waals surface area (Å²) < 4.78 is 7.13. The molecule has 2 aromatic rings. The Morgan fingerprint density at radius 1 is 1.33 bits per heavy atom. The molecule has 1 aromatic carbocycles. The van der Waals surface area contributed by atoms with Gasteiger partial charge in [-0.1, -0.05) is 35.5 Å². The summed E-state index contributed by atoms with van der Waals surface area (Å²) >= 11 is 0. The molecule has 1 aliphatic rings. The van der Waals surface area contributed by atoms with E-state index in [0.717, 1.165) is 38.8 Å². The lowest BCUT2D eigenvalue weighted by atomic mass is 10.1. The van der Waals surface area contributed by atoms with Gasteiger partial charge in [-0.2, -0.15) is 0 Å². The zero-order chi connectivity index (χ0) is 16.8. The van der Waals surface area contributed by atoms with Crippen molar-refractivity contribution in [3.63, 3.8) is 0 Å². The van der Waals surface area contributed by atoms with E-state index in [9.17, 15) is 4.79 Å². The number of benzene rings is 1. The van der Waals surface area contributed by atoms with Crippen LogP contribution in [0.5, 0.6) is 0 Å². The van der Waals surface area contributed by atoms with Crippen LogP contribution in [0.2, 0.25) is 0 Å². The molecule has 2 heterocycles. The number of aromatic nitrogens is 3. The predicted molar refractivity (Wildman–Crippen MR) is 90.7 cm³/mol. The minimum absolute atomic E-state index is 0.0499. The molecular formula is C18H24N4O2. The van der Waals surface area contributed by atoms with Crippen molar-refractivity contribution < 1.29 is 9.53 Å². The summed E-state index contributed by atoms with van der Waals surface area (Å²) in [5.41, 5.74) is 1.74. The first-order chi connectivity index (χ1) is 11.8. The minimum Gasteiger partial charge on any atom is -0.380 e. The molecular weight excluding hydrogens is 304 g/mol. The molecule has 3 rings (SSSR count). The number of methoxy groups -OCH3 is 1. The van der Waals surface area contributed by atoms with E-state index < -0.39 is 0 Å². The van der Waals surface area contributed by atoms with Crippen LogP contribution in [0.15, 0.2) is 36.5 Å². The highest BCUT2D eigenvalue weighted by atomic mass is 16.5.